The zero-order chi connectivity index (χ0) is 9.24. The molecular weight excluding hydrogens is 178 g/mol. The second-order valence-electron chi connectivity index (χ2n) is 3.36. The normalized spacial score (nSPS) is 20.8. The Kier molecular flexibility index (Phi) is 2.75. The van der Waals surface area contributed by atoms with Crippen LogP contribution in [0.3, 0.4) is 0 Å². The average molecular weight is 193 g/mol. The fraction of sp³-hybridized carbons (Fsp3) is 1.00. The van der Waals surface area contributed by atoms with Crippen LogP contribution in [0.4, 0.5) is 0 Å². The first-order chi connectivity index (χ1) is 5.47. The van der Waals surface area contributed by atoms with E-state index in [1.165, 1.54) is 0 Å². The Labute approximate surface area is 73.2 Å². The Bertz CT molecular complexity index is 243. The maximum absolute atomic E-state index is 10.8. The topological polar surface area (TPSA) is 69.4 Å². The predicted molar refractivity (Wildman–Crippen MR) is 46.2 cm³/mol. The molecule has 0 spiro atoms. The van der Waals surface area contributed by atoms with Gasteiger partial charge in [0.1, 0.15) is 0 Å². The highest BCUT2D eigenvalue weighted by Crippen LogP contribution is 2.44. The van der Waals surface area contributed by atoms with Gasteiger partial charge in [0.2, 0.25) is 0 Å². The van der Waals surface area contributed by atoms with E-state index in [0.29, 0.717) is 6.54 Å². The van der Waals surface area contributed by atoms with Crippen molar-refractivity contribution in [3.63, 3.8) is 0 Å². The minimum Gasteiger partial charge on any atom is -0.330 e. The van der Waals surface area contributed by atoms with Gasteiger partial charge in [-0.3, -0.25) is 4.18 Å². The van der Waals surface area contributed by atoms with Gasteiger partial charge in [0.05, 0.1) is 11.9 Å². The van der Waals surface area contributed by atoms with Gasteiger partial charge in [0.15, 0.2) is 0 Å². The smallest absolute Gasteiger partial charge is 0.264 e. The third-order valence-electron chi connectivity index (χ3n) is 1.97. The van der Waals surface area contributed by atoms with Crippen molar-refractivity contribution in [2.75, 3.05) is 12.8 Å². The molecule has 0 amide bonds. The van der Waals surface area contributed by atoms with Crippen LogP contribution in [0.2, 0.25) is 0 Å². The summed E-state index contributed by atoms with van der Waals surface area (Å²) in [5, 5.41) is 0. The fourth-order valence-electron chi connectivity index (χ4n) is 1.26. The summed E-state index contributed by atoms with van der Waals surface area (Å²) in [4.78, 5) is 0. The lowest BCUT2D eigenvalue weighted by molar-refractivity contribution is 0.176. The summed E-state index contributed by atoms with van der Waals surface area (Å²) in [5.41, 5.74) is 4.94. The minimum atomic E-state index is -3.29. The van der Waals surface area contributed by atoms with Gasteiger partial charge in [0, 0.05) is 0 Å². The summed E-state index contributed by atoms with van der Waals surface area (Å²) in [5.74, 6) is 0. The van der Waals surface area contributed by atoms with Gasteiger partial charge in [-0.2, -0.15) is 8.42 Å². The molecule has 0 aliphatic heterocycles. The van der Waals surface area contributed by atoms with Gasteiger partial charge in [-0.05, 0) is 32.2 Å². The van der Waals surface area contributed by atoms with Crippen molar-refractivity contribution in [3.05, 3.63) is 0 Å². The van der Waals surface area contributed by atoms with Crippen molar-refractivity contribution in [1.82, 2.24) is 0 Å². The molecule has 1 aliphatic rings. The van der Waals surface area contributed by atoms with Crippen LogP contribution < -0.4 is 5.73 Å². The highest BCUT2D eigenvalue weighted by Gasteiger charge is 2.46. The van der Waals surface area contributed by atoms with Crippen LogP contribution in [0, 0.1) is 0 Å². The molecule has 1 aliphatic carbocycles. The van der Waals surface area contributed by atoms with Gasteiger partial charge < -0.3 is 5.73 Å². The van der Waals surface area contributed by atoms with E-state index in [1.807, 2.05) is 0 Å². The zero-order valence-corrected chi connectivity index (χ0v) is 8.06. The minimum absolute atomic E-state index is 0.382. The number of nitrogens with two attached hydrogens (primary N) is 1. The molecule has 12 heavy (non-hydrogen) atoms. The van der Waals surface area contributed by atoms with E-state index in [-0.39, 0.29) is 5.60 Å². The molecule has 5 heteroatoms. The Balaban J connectivity index is 2.40. The van der Waals surface area contributed by atoms with Crippen molar-refractivity contribution in [2.45, 2.75) is 31.3 Å². The quantitative estimate of drug-likeness (QED) is 0.635. The van der Waals surface area contributed by atoms with Crippen molar-refractivity contribution in [2.24, 2.45) is 5.73 Å². The van der Waals surface area contributed by atoms with Crippen molar-refractivity contribution >= 4 is 10.1 Å². The Hall–Kier alpha value is -0.130. The highest BCUT2D eigenvalue weighted by molar-refractivity contribution is 7.86. The largest absolute Gasteiger partial charge is 0.330 e. The molecule has 0 aromatic rings. The lowest BCUT2D eigenvalue weighted by Crippen LogP contribution is -2.20. The van der Waals surface area contributed by atoms with E-state index in [2.05, 4.69) is 0 Å². The third kappa shape index (κ3) is 3.08. The molecule has 1 saturated carbocycles. The maximum atomic E-state index is 10.8. The van der Waals surface area contributed by atoms with Crippen LogP contribution in [-0.4, -0.2) is 26.8 Å². The second kappa shape index (κ2) is 3.32. The molecule has 0 heterocycles. The van der Waals surface area contributed by atoms with Crippen molar-refractivity contribution in [3.8, 4) is 0 Å². The van der Waals surface area contributed by atoms with Crippen molar-refractivity contribution < 1.29 is 12.6 Å². The van der Waals surface area contributed by atoms with Crippen molar-refractivity contribution in [1.29, 1.82) is 0 Å². The van der Waals surface area contributed by atoms with Crippen LogP contribution >= 0.6 is 0 Å². The molecule has 0 atom stereocenters. The van der Waals surface area contributed by atoms with E-state index < -0.39 is 10.1 Å². The lowest BCUT2D eigenvalue weighted by atomic mass is 10.2. The molecule has 72 valence electrons. The molecule has 0 bridgehead atoms. The molecule has 1 fully saturated rings. The molecule has 0 unspecified atom stereocenters. The first kappa shape index (κ1) is 9.95. The van der Waals surface area contributed by atoms with E-state index in [4.69, 9.17) is 9.92 Å². The molecule has 1 rings (SSSR count). The van der Waals surface area contributed by atoms with E-state index >= 15 is 0 Å². The van der Waals surface area contributed by atoms with E-state index in [0.717, 1.165) is 31.9 Å². The molecule has 4 nitrogen and oxygen atoms in total. The molecule has 0 radical (unpaired) electrons. The van der Waals surface area contributed by atoms with Gasteiger partial charge in [-0.25, -0.2) is 0 Å². The number of hydrogen-bond acceptors (Lipinski definition) is 4. The van der Waals surface area contributed by atoms with Gasteiger partial charge >= 0.3 is 0 Å². The highest BCUT2D eigenvalue weighted by atomic mass is 32.2. The van der Waals surface area contributed by atoms with Gasteiger partial charge in [-0.1, -0.05) is 0 Å². The first-order valence-corrected chi connectivity index (χ1v) is 5.90. The average Bonchev–Trinajstić information content (AvgIpc) is 2.62. The van der Waals surface area contributed by atoms with Gasteiger partial charge in [-0.15, -0.1) is 0 Å². The van der Waals surface area contributed by atoms with Crippen LogP contribution in [0.25, 0.3) is 0 Å². The SMILES string of the molecule is CS(=O)(=O)OC1(CCCN)CC1. The lowest BCUT2D eigenvalue weighted by Gasteiger charge is -2.13. The Morgan fingerprint density at radius 3 is 2.42 bits per heavy atom. The van der Waals surface area contributed by atoms with E-state index in [9.17, 15) is 8.42 Å². The molecular formula is C7H15NO3S. The summed E-state index contributed by atoms with van der Waals surface area (Å²) in [6.07, 6.45) is 4.38. The van der Waals surface area contributed by atoms with Crippen LogP contribution in [-0.2, 0) is 14.3 Å². The summed E-state index contributed by atoms with van der Waals surface area (Å²) >= 11 is 0. The standard InChI is InChI=1S/C7H15NO3S/c1-12(9,10)11-7(4-5-7)3-2-6-8/h2-6,8H2,1H3. The maximum Gasteiger partial charge on any atom is 0.264 e. The number of rotatable bonds is 5. The first-order valence-electron chi connectivity index (χ1n) is 4.08. The number of hydrogen-bond donors (Lipinski definition) is 1. The van der Waals surface area contributed by atoms with Crippen LogP contribution in [0.5, 0.6) is 0 Å². The predicted octanol–water partition coefficient (Wildman–Crippen LogP) is 0.234. The Morgan fingerprint density at radius 2 is 2.08 bits per heavy atom. The van der Waals surface area contributed by atoms with Crippen LogP contribution in [0.1, 0.15) is 25.7 Å². The molecule has 2 N–H and O–H groups in total. The fourth-order valence-corrected chi connectivity index (χ4v) is 2.15. The van der Waals surface area contributed by atoms with Crippen LogP contribution in [0.15, 0.2) is 0 Å². The zero-order valence-electron chi connectivity index (χ0n) is 7.25. The molecule has 0 aromatic carbocycles. The monoisotopic (exact) mass is 193 g/mol. The second-order valence-corrected chi connectivity index (χ2v) is 4.94. The molecule has 0 saturated heterocycles. The third-order valence-corrected chi connectivity index (χ3v) is 2.63. The summed E-state index contributed by atoms with van der Waals surface area (Å²) in [6.45, 7) is 0.592. The Morgan fingerprint density at radius 1 is 1.50 bits per heavy atom. The molecule has 0 aromatic heterocycles. The summed E-state index contributed by atoms with van der Waals surface area (Å²) in [6, 6.07) is 0. The van der Waals surface area contributed by atoms with E-state index in [1.54, 1.807) is 0 Å². The summed E-state index contributed by atoms with van der Waals surface area (Å²) in [7, 11) is -3.29. The summed E-state index contributed by atoms with van der Waals surface area (Å²) < 4.78 is 26.5. The van der Waals surface area contributed by atoms with Gasteiger partial charge in [0.25, 0.3) is 10.1 Å².